The minimum absolute atomic E-state index is 0.0688. The number of aromatic nitrogens is 3. The Morgan fingerprint density at radius 1 is 1.09 bits per heavy atom. The van der Waals surface area contributed by atoms with Crippen LogP contribution in [0.1, 0.15) is 10.5 Å². The molecule has 0 unspecified atom stereocenters. The van der Waals surface area contributed by atoms with Crippen molar-refractivity contribution in [3.63, 3.8) is 0 Å². The summed E-state index contributed by atoms with van der Waals surface area (Å²) in [5, 5.41) is 21.6. The summed E-state index contributed by atoms with van der Waals surface area (Å²) in [4.78, 5) is 17.3. The molecule has 0 bridgehead atoms. The molecule has 5 rings (SSSR count). The predicted octanol–water partition coefficient (Wildman–Crippen LogP) is 3.18. The molecular weight excluding hydrogens is 490 g/mol. The maximum absolute atomic E-state index is 12.8. The van der Waals surface area contributed by atoms with E-state index in [1.54, 1.807) is 60.0 Å². The Hall–Kier alpha value is -3.58. The van der Waals surface area contributed by atoms with Crippen LogP contribution in [-0.2, 0) is 14.8 Å². The van der Waals surface area contributed by atoms with Gasteiger partial charge in [-0.15, -0.1) is 11.3 Å². The molecule has 35 heavy (non-hydrogen) atoms. The molecule has 180 valence electrons. The number of hydrogen-bond donors (Lipinski definition) is 3. The van der Waals surface area contributed by atoms with Crippen molar-refractivity contribution in [3.05, 3.63) is 65.7 Å². The summed E-state index contributed by atoms with van der Waals surface area (Å²) in [6.07, 6.45) is 0. The molecule has 3 N–H and O–H groups in total. The highest BCUT2D eigenvalue weighted by Crippen LogP contribution is 2.29. The average Bonchev–Trinajstić information content (AvgIpc) is 3.55. The minimum atomic E-state index is -3.57. The Morgan fingerprint density at radius 2 is 1.83 bits per heavy atom. The van der Waals surface area contributed by atoms with Gasteiger partial charge < -0.3 is 9.84 Å². The maximum atomic E-state index is 12.8. The number of sulfonamides is 1. The molecule has 1 amide bonds. The number of nitrogens with one attached hydrogen (secondary N) is 2. The number of aromatic amines is 1. The van der Waals surface area contributed by atoms with Crippen molar-refractivity contribution in [1.29, 1.82) is 0 Å². The van der Waals surface area contributed by atoms with Crippen molar-refractivity contribution in [2.45, 2.75) is 4.90 Å². The van der Waals surface area contributed by atoms with Crippen molar-refractivity contribution in [1.82, 2.24) is 19.5 Å². The highest BCUT2D eigenvalue weighted by Gasteiger charge is 2.26. The number of morpholine rings is 1. The number of carbonyl (C=O) groups excluding carboxylic acids is 1. The van der Waals surface area contributed by atoms with Crippen molar-refractivity contribution in [3.8, 4) is 28.3 Å². The number of thiazole rings is 1. The first kappa shape index (κ1) is 23.2. The van der Waals surface area contributed by atoms with Crippen molar-refractivity contribution in [2.75, 3.05) is 31.6 Å². The van der Waals surface area contributed by atoms with E-state index in [1.807, 2.05) is 0 Å². The summed E-state index contributed by atoms with van der Waals surface area (Å²) in [6, 6.07) is 14.8. The molecular formula is C23H21N5O5S2. The number of para-hydroxylation sites is 1. The van der Waals surface area contributed by atoms with E-state index in [-0.39, 0.29) is 16.3 Å². The van der Waals surface area contributed by atoms with Gasteiger partial charge in [-0.05, 0) is 30.3 Å². The zero-order valence-corrected chi connectivity index (χ0v) is 20.0. The Kier molecular flexibility index (Phi) is 6.34. The lowest BCUT2D eigenvalue weighted by Gasteiger charge is -2.26. The number of rotatable bonds is 6. The van der Waals surface area contributed by atoms with Crippen LogP contribution in [0.25, 0.3) is 22.5 Å². The number of H-pyrrole nitrogens is 1. The van der Waals surface area contributed by atoms with Crippen LogP contribution in [-0.4, -0.2) is 65.2 Å². The highest BCUT2D eigenvalue weighted by atomic mass is 32.2. The van der Waals surface area contributed by atoms with Crippen LogP contribution in [0.5, 0.6) is 5.75 Å². The van der Waals surface area contributed by atoms with Crippen molar-refractivity contribution in [2.24, 2.45) is 0 Å². The lowest BCUT2D eigenvalue weighted by molar-refractivity contribution is 0.0730. The zero-order chi connectivity index (χ0) is 24.4. The molecule has 12 heteroatoms. The topological polar surface area (TPSA) is 138 Å². The largest absolute Gasteiger partial charge is 0.507 e. The van der Waals surface area contributed by atoms with Gasteiger partial charge >= 0.3 is 0 Å². The van der Waals surface area contributed by atoms with Crippen LogP contribution in [0.3, 0.4) is 0 Å². The van der Waals surface area contributed by atoms with E-state index in [2.05, 4.69) is 20.5 Å². The van der Waals surface area contributed by atoms with Gasteiger partial charge in [-0.1, -0.05) is 24.3 Å². The molecule has 1 aliphatic rings. The third kappa shape index (κ3) is 4.82. The standard InChI is InChI=1S/C23H21N5O5S2/c29-21-4-2-1-3-17(21)18-13-19(27-26-18)22(30)25-23-24-20(14-34-23)15-5-7-16(8-6-15)35(31,32)28-9-11-33-12-10-28/h1-8,13-14,29H,9-12H2,(H,26,27)(H,24,25,30). The smallest absolute Gasteiger partial charge is 0.275 e. The normalized spacial score (nSPS) is 14.6. The third-order valence-corrected chi connectivity index (χ3v) is 8.16. The fourth-order valence-corrected chi connectivity index (χ4v) is 5.75. The number of phenols is 1. The van der Waals surface area contributed by atoms with Gasteiger partial charge in [0, 0.05) is 29.6 Å². The Bertz CT molecular complexity index is 1460. The summed E-state index contributed by atoms with van der Waals surface area (Å²) in [7, 11) is -3.57. The molecule has 2 aromatic heterocycles. The molecule has 0 spiro atoms. The first-order valence-corrected chi connectivity index (χ1v) is 13.0. The second-order valence-corrected chi connectivity index (χ2v) is 10.5. The van der Waals surface area contributed by atoms with Crippen molar-refractivity contribution >= 4 is 32.4 Å². The molecule has 10 nitrogen and oxygen atoms in total. The lowest BCUT2D eigenvalue weighted by Crippen LogP contribution is -2.40. The van der Waals surface area contributed by atoms with Crippen LogP contribution < -0.4 is 5.32 Å². The second-order valence-electron chi connectivity index (χ2n) is 7.72. The molecule has 0 saturated carbocycles. The third-order valence-electron chi connectivity index (χ3n) is 5.49. The fraction of sp³-hybridized carbons (Fsp3) is 0.174. The summed E-state index contributed by atoms with van der Waals surface area (Å²) >= 11 is 1.25. The minimum Gasteiger partial charge on any atom is -0.507 e. The Morgan fingerprint density at radius 3 is 2.57 bits per heavy atom. The molecule has 1 saturated heterocycles. The zero-order valence-electron chi connectivity index (χ0n) is 18.3. The van der Waals surface area contributed by atoms with E-state index in [0.29, 0.717) is 48.4 Å². The van der Waals surface area contributed by atoms with Crippen LogP contribution in [0.15, 0.2) is 64.9 Å². The number of nitrogens with zero attached hydrogens (tertiary/aromatic N) is 3. The Labute approximate surface area is 205 Å². The number of hydrogen-bond acceptors (Lipinski definition) is 8. The molecule has 2 aromatic carbocycles. The SMILES string of the molecule is O=C(Nc1nc(-c2ccc(S(=O)(=O)N3CCOCC3)cc2)cs1)c1cc(-c2ccccc2O)n[nH]1. The summed E-state index contributed by atoms with van der Waals surface area (Å²) in [5.74, 6) is -0.355. The van der Waals surface area contributed by atoms with Gasteiger partial charge in [0.2, 0.25) is 10.0 Å². The Balaban J connectivity index is 1.27. The molecule has 1 fully saturated rings. The molecule has 3 heterocycles. The second kappa shape index (κ2) is 9.58. The fourth-order valence-electron chi connectivity index (χ4n) is 3.63. The number of amides is 1. The van der Waals surface area contributed by atoms with Gasteiger partial charge in [-0.25, -0.2) is 13.4 Å². The van der Waals surface area contributed by atoms with Gasteiger partial charge in [0.25, 0.3) is 5.91 Å². The van der Waals surface area contributed by atoms with Gasteiger partial charge in [-0.2, -0.15) is 9.40 Å². The number of carbonyl (C=O) groups is 1. The van der Waals surface area contributed by atoms with E-state index >= 15 is 0 Å². The van der Waals surface area contributed by atoms with Crippen LogP contribution >= 0.6 is 11.3 Å². The number of ether oxygens (including phenoxy) is 1. The quantitative estimate of drug-likeness (QED) is 0.361. The number of benzene rings is 2. The summed E-state index contributed by atoms with van der Waals surface area (Å²) < 4.78 is 32.2. The molecule has 1 aliphatic heterocycles. The van der Waals surface area contributed by atoms with Gasteiger partial charge in [0.05, 0.1) is 29.5 Å². The summed E-state index contributed by atoms with van der Waals surface area (Å²) in [5.41, 5.74) is 2.52. The van der Waals surface area contributed by atoms with Crippen LogP contribution in [0.2, 0.25) is 0 Å². The lowest BCUT2D eigenvalue weighted by atomic mass is 10.1. The number of anilines is 1. The highest BCUT2D eigenvalue weighted by molar-refractivity contribution is 7.89. The van der Waals surface area contributed by atoms with Crippen molar-refractivity contribution < 1.29 is 23.1 Å². The van der Waals surface area contributed by atoms with Gasteiger partial charge in [0.15, 0.2) is 5.13 Å². The van der Waals surface area contributed by atoms with Gasteiger partial charge in [-0.3, -0.25) is 15.2 Å². The van der Waals surface area contributed by atoms with E-state index in [1.165, 1.54) is 15.6 Å². The molecule has 4 aromatic rings. The summed E-state index contributed by atoms with van der Waals surface area (Å²) in [6.45, 7) is 1.45. The van der Waals surface area contributed by atoms with Crippen LogP contribution in [0.4, 0.5) is 5.13 Å². The monoisotopic (exact) mass is 511 g/mol. The van der Waals surface area contributed by atoms with E-state index in [9.17, 15) is 18.3 Å². The predicted molar refractivity (Wildman–Crippen MR) is 131 cm³/mol. The molecule has 0 radical (unpaired) electrons. The molecule has 0 atom stereocenters. The maximum Gasteiger partial charge on any atom is 0.275 e. The van der Waals surface area contributed by atoms with E-state index < -0.39 is 15.9 Å². The number of phenolic OH excluding ortho intramolecular Hbond substituents is 1. The first-order valence-electron chi connectivity index (χ1n) is 10.7. The van der Waals surface area contributed by atoms with E-state index in [4.69, 9.17) is 4.74 Å². The first-order chi connectivity index (χ1) is 16.9. The number of aromatic hydroxyl groups is 1. The van der Waals surface area contributed by atoms with Gasteiger partial charge in [0.1, 0.15) is 11.4 Å². The van der Waals surface area contributed by atoms with Crippen LogP contribution in [0, 0.1) is 0 Å². The molecule has 0 aliphatic carbocycles. The average molecular weight is 512 g/mol. The van der Waals surface area contributed by atoms with E-state index in [0.717, 1.165) is 5.56 Å².